The Bertz CT molecular complexity index is 1300. The smallest absolute Gasteiger partial charge is 0.336 e. The standard InChI is InChI=1S/C20H21N3O6S2/c1-9-8-10(2)16(12(4)15(9)20(25)26)21-18(24)17-14(6-7-30-17)31(27,28)23-19-11(3)13(5)22-29-19/h6-8,23H,1-5H3,(H,21,24)(H,25,26). The number of anilines is 2. The highest BCUT2D eigenvalue weighted by Gasteiger charge is 2.27. The molecule has 2 heterocycles. The van der Waals surface area contributed by atoms with Gasteiger partial charge in [0.15, 0.2) is 0 Å². The Morgan fingerprint density at radius 3 is 2.35 bits per heavy atom. The van der Waals surface area contributed by atoms with E-state index in [2.05, 4.69) is 15.2 Å². The van der Waals surface area contributed by atoms with E-state index in [1.807, 2.05) is 0 Å². The van der Waals surface area contributed by atoms with Crippen molar-refractivity contribution in [3.05, 3.63) is 55.9 Å². The van der Waals surface area contributed by atoms with Crippen molar-refractivity contribution in [2.45, 2.75) is 39.5 Å². The summed E-state index contributed by atoms with van der Waals surface area (Å²) in [5.74, 6) is -1.79. The number of hydrogen-bond acceptors (Lipinski definition) is 7. The number of aromatic nitrogens is 1. The first-order valence-corrected chi connectivity index (χ1v) is 11.5. The molecule has 1 amide bonds. The third-order valence-corrected chi connectivity index (χ3v) is 7.35. The van der Waals surface area contributed by atoms with Crippen molar-refractivity contribution < 1.29 is 27.6 Å². The van der Waals surface area contributed by atoms with Crippen molar-refractivity contribution in [1.29, 1.82) is 0 Å². The second kappa shape index (κ2) is 8.16. The maximum atomic E-state index is 13.0. The van der Waals surface area contributed by atoms with Crippen LogP contribution >= 0.6 is 11.3 Å². The van der Waals surface area contributed by atoms with Crippen LogP contribution in [0.25, 0.3) is 0 Å². The third-order valence-electron chi connectivity index (χ3n) is 4.93. The van der Waals surface area contributed by atoms with Crippen LogP contribution in [0.5, 0.6) is 0 Å². The quantitative estimate of drug-likeness (QED) is 0.501. The Morgan fingerprint density at radius 2 is 1.77 bits per heavy atom. The van der Waals surface area contributed by atoms with Gasteiger partial charge in [-0.15, -0.1) is 11.3 Å². The fourth-order valence-electron chi connectivity index (χ4n) is 3.24. The molecular weight excluding hydrogens is 442 g/mol. The van der Waals surface area contributed by atoms with E-state index in [1.165, 1.54) is 11.4 Å². The highest BCUT2D eigenvalue weighted by Crippen LogP contribution is 2.30. The number of amides is 1. The molecule has 0 bridgehead atoms. The summed E-state index contributed by atoms with van der Waals surface area (Å²) in [4.78, 5) is 24.3. The average molecular weight is 464 g/mol. The zero-order valence-corrected chi connectivity index (χ0v) is 19.1. The number of carbonyl (C=O) groups excluding carboxylic acids is 1. The molecule has 11 heteroatoms. The summed E-state index contributed by atoms with van der Waals surface area (Å²) < 4.78 is 33.1. The summed E-state index contributed by atoms with van der Waals surface area (Å²) >= 11 is 0.955. The minimum absolute atomic E-state index is 0.0219. The van der Waals surface area contributed by atoms with Crippen LogP contribution in [0.15, 0.2) is 26.9 Å². The van der Waals surface area contributed by atoms with Gasteiger partial charge in [0.1, 0.15) is 9.77 Å². The summed E-state index contributed by atoms with van der Waals surface area (Å²) in [5.41, 5.74) is 3.14. The lowest BCUT2D eigenvalue weighted by molar-refractivity contribution is 0.0695. The van der Waals surface area contributed by atoms with Gasteiger partial charge >= 0.3 is 5.97 Å². The minimum Gasteiger partial charge on any atom is -0.478 e. The lowest BCUT2D eigenvalue weighted by atomic mass is 9.97. The molecule has 31 heavy (non-hydrogen) atoms. The van der Waals surface area contributed by atoms with Crippen LogP contribution < -0.4 is 10.0 Å². The van der Waals surface area contributed by atoms with Crippen molar-refractivity contribution >= 4 is 44.8 Å². The van der Waals surface area contributed by atoms with E-state index < -0.39 is 21.9 Å². The Kier molecular flexibility index (Phi) is 5.92. The number of carboxylic acids is 1. The first kappa shape index (κ1) is 22.5. The summed E-state index contributed by atoms with van der Waals surface area (Å²) in [5, 5.41) is 17.4. The molecule has 3 N–H and O–H groups in total. The zero-order chi connectivity index (χ0) is 23.1. The van der Waals surface area contributed by atoms with E-state index in [-0.39, 0.29) is 21.2 Å². The molecule has 0 atom stereocenters. The summed E-state index contributed by atoms with van der Waals surface area (Å²) in [7, 11) is -4.12. The van der Waals surface area contributed by atoms with Crippen LogP contribution in [-0.2, 0) is 10.0 Å². The molecule has 9 nitrogen and oxygen atoms in total. The normalized spacial score (nSPS) is 11.4. The molecular formula is C20H21N3O6S2. The second-order valence-electron chi connectivity index (χ2n) is 7.09. The van der Waals surface area contributed by atoms with Gasteiger partial charge in [-0.05, 0) is 62.8 Å². The number of aryl methyl sites for hydroxylation is 3. The molecule has 3 rings (SSSR count). The number of thiophene rings is 1. The van der Waals surface area contributed by atoms with Crippen LogP contribution in [0.2, 0.25) is 0 Å². The number of carboxylic acid groups (broad SMARTS) is 1. The molecule has 0 unspecified atom stereocenters. The van der Waals surface area contributed by atoms with Gasteiger partial charge in [-0.2, -0.15) is 0 Å². The Labute approximate surface area is 183 Å². The van der Waals surface area contributed by atoms with E-state index in [9.17, 15) is 23.1 Å². The van der Waals surface area contributed by atoms with Crippen molar-refractivity contribution in [1.82, 2.24) is 5.16 Å². The minimum atomic E-state index is -4.12. The number of rotatable bonds is 6. The summed E-state index contributed by atoms with van der Waals surface area (Å²) in [6.07, 6.45) is 0. The van der Waals surface area contributed by atoms with Gasteiger partial charge < -0.3 is 14.9 Å². The number of sulfonamides is 1. The second-order valence-corrected chi connectivity index (χ2v) is 9.65. The topological polar surface area (TPSA) is 139 Å². The number of hydrogen-bond donors (Lipinski definition) is 3. The van der Waals surface area contributed by atoms with Gasteiger partial charge in [-0.1, -0.05) is 11.2 Å². The average Bonchev–Trinajstić information content (AvgIpc) is 3.28. The largest absolute Gasteiger partial charge is 0.478 e. The molecule has 0 spiro atoms. The Hall–Kier alpha value is -3.18. The van der Waals surface area contributed by atoms with E-state index in [4.69, 9.17) is 4.52 Å². The molecule has 0 radical (unpaired) electrons. The molecule has 0 aliphatic heterocycles. The SMILES string of the molecule is Cc1cc(C)c(C(=O)O)c(C)c1NC(=O)c1sccc1S(=O)(=O)Nc1onc(C)c1C. The zero-order valence-electron chi connectivity index (χ0n) is 17.5. The van der Waals surface area contributed by atoms with Gasteiger partial charge in [0.25, 0.3) is 15.9 Å². The molecule has 0 saturated carbocycles. The number of benzene rings is 1. The monoisotopic (exact) mass is 463 g/mol. The van der Waals surface area contributed by atoms with Crippen molar-refractivity contribution in [2.75, 3.05) is 10.0 Å². The van der Waals surface area contributed by atoms with Crippen molar-refractivity contribution in [3.8, 4) is 0 Å². The summed E-state index contributed by atoms with van der Waals surface area (Å²) in [6, 6.07) is 2.98. The lowest BCUT2D eigenvalue weighted by Gasteiger charge is -2.16. The van der Waals surface area contributed by atoms with Crippen LogP contribution in [0, 0.1) is 34.6 Å². The van der Waals surface area contributed by atoms with Crippen LogP contribution in [0.4, 0.5) is 11.6 Å². The van der Waals surface area contributed by atoms with Crippen LogP contribution in [0.3, 0.4) is 0 Å². The molecule has 0 aliphatic rings. The highest BCUT2D eigenvalue weighted by molar-refractivity contribution is 7.93. The van der Waals surface area contributed by atoms with Crippen molar-refractivity contribution in [2.24, 2.45) is 0 Å². The van der Waals surface area contributed by atoms with Crippen LogP contribution in [0.1, 0.15) is 48.0 Å². The predicted octanol–water partition coefficient (Wildman–Crippen LogP) is 4.03. The summed E-state index contributed by atoms with van der Waals surface area (Å²) in [6.45, 7) is 8.36. The number of nitrogens with one attached hydrogen (secondary N) is 2. The van der Waals surface area contributed by atoms with Gasteiger partial charge in [0, 0.05) is 11.3 Å². The van der Waals surface area contributed by atoms with Crippen molar-refractivity contribution in [3.63, 3.8) is 0 Å². The molecule has 0 aliphatic carbocycles. The van der Waals surface area contributed by atoms with Gasteiger partial charge in [0.05, 0.1) is 11.3 Å². The maximum Gasteiger partial charge on any atom is 0.336 e. The molecule has 164 valence electrons. The molecule has 2 aromatic heterocycles. The fraction of sp³-hybridized carbons (Fsp3) is 0.250. The van der Waals surface area contributed by atoms with Gasteiger partial charge in [-0.25, -0.2) is 17.9 Å². The molecule has 0 fully saturated rings. The first-order valence-electron chi connectivity index (χ1n) is 9.12. The Morgan fingerprint density at radius 1 is 1.10 bits per heavy atom. The van der Waals surface area contributed by atoms with E-state index in [1.54, 1.807) is 40.7 Å². The third kappa shape index (κ3) is 4.19. The van der Waals surface area contributed by atoms with E-state index in [0.29, 0.717) is 33.6 Å². The molecule has 1 aromatic carbocycles. The van der Waals surface area contributed by atoms with Gasteiger partial charge in [-0.3, -0.25) is 4.79 Å². The number of carbonyl (C=O) groups is 2. The van der Waals surface area contributed by atoms with E-state index >= 15 is 0 Å². The molecule has 0 saturated heterocycles. The van der Waals surface area contributed by atoms with Gasteiger partial charge in [0.2, 0.25) is 5.88 Å². The first-order chi connectivity index (χ1) is 14.4. The fourth-order valence-corrected chi connectivity index (χ4v) is 5.61. The molecule has 3 aromatic rings. The number of aromatic carboxylic acids is 1. The lowest BCUT2D eigenvalue weighted by Crippen LogP contribution is -2.20. The highest BCUT2D eigenvalue weighted by atomic mass is 32.2. The van der Waals surface area contributed by atoms with E-state index in [0.717, 1.165) is 11.3 Å². The Balaban J connectivity index is 1.96. The van der Waals surface area contributed by atoms with Crippen LogP contribution in [-0.4, -0.2) is 30.6 Å². The number of nitrogens with zero attached hydrogens (tertiary/aromatic N) is 1. The maximum absolute atomic E-state index is 13.0. The predicted molar refractivity (Wildman–Crippen MR) is 117 cm³/mol.